The Morgan fingerprint density at radius 3 is 2.94 bits per heavy atom. The summed E-state index contributed by atoms with van der Waals surface area (Å²) in [6, 6.07) is 3.45. The number of carbonyl (C=O) groups excluding carboxylic acids is 1. The molecule has 0 aliphatic heterocycles. The van der Waals surface area contributed by atoms with Crippen LogP contribution in [-0.4, -0.2) is 28.7 Å². The lowest BCUT2D eigenvalue weighted by Crippen LogP contribution is -2.22. The Hall–Kier alpha value is -2.44. The molecule has 0 spiro atoms. The lowest BCUT2D eigenvalue weighted by Gasteiger charge is -2.06. The molecule has 84 valence electrons. The summed E-state index contributed by atoms with van der Waals surface area (Å²) in [6.45, 7) is 0. The number of hydrogen-bond donors (Lipinski definition) is 2. The summed E-state index contributed by atoms with van der Waals surface area (Å²) in [5.41, 5.74) is 6.93. The van der Waals surface area contributed by atoms with Gasteiger partial charge in [-0.1, -0.05) is 0 Å². The van der Waals surface area contributed by atoms with Gasteiger partial charge >= 0.3 is 0 Å². The third-order valence-electron chi connectivity index (χ3n) is 2.06. The lowest BCUT2D eigenvalue weighted by atomic mass is 10.1. The van der Waals surface area contributed by atoms with Crippen molar-refractivity contribution >= 4 is 30.9 Å². The van der Waals surface area contributed by atoms with Crippen molar-refractivity contribution < 1.29 is 4.79 Å². The molecule has 0 bridgehead atoms. The molecule has 0 fully saturated rings. The topological polar surface area (TPSA) is 93.8 Å². The second kappa shape index (κ2) is 4.61. The van der Waals surface area contributed by atoms with E-state index in [0.717, 1.165) is 0 Å². The first-order valence-corrected chi connectivity index (χ1v) is 4.97. The molecule has 0 saturated heterocycles. The second-order valence-electron chi connectivity index (χ2n) is 3.44. The van der Waals surface area contributed by atoms with E-state index in [0.29, 0.717) is 11.3 Å². The van der Waals surface area contributed by atoms with E-state index in [9.17, 15) is 4.79 Å². The van der Waals surface area contributed by atoms with Crippen LogP contribution in [0, 0.1) is 0 Å². The van der Waals surface area contributed by atoms with Crippen LogP contribution in [0.2, 0.25) is 0 Å². The minimum atomic E-state index is -0.397. The van der Waals surface area contributed by atoms with E-state index in [1.807, 2.05) is 0 Å². The number of nitrogens with one attached hydrogen (secondary N) is 1. The summed E-state index contributed by atoms with van der Waals surface area (Å²) >= 11 is 0. The van der Waals surface area contributed by atoms with E-state index in [-0.39, 0.29) is 11.5 Å². The smallest absolute Gasteiger partial charge is 0.278 e. The monoisotopic (exact) mass is 227 g/mol. The van der Waals surface area contributed by atoms with Gasteiger partial charge in [0, 0.05) is 18.0 Å². The Balaban J connectivity index is 2.23. The molecule has 0 unspecified atom stereocenters. The van der Waals surface area contributed by atoms with Crippen LogP contribution in [0.5, 0.6) is 0 Å². The normalized spacial score (nSPS) is 9.88. The second-order valence-corrected chi connectivity index (χ2v) is 3.44. The van der Waals surface area contributed by atoms with E-state index in [2.05, 4.69) is 20.3 Å². The maximum Gasteiger partial charge on any atom is 0.278 e. The molecule has 0 aromatic carbocycles. The lowest BCUT2D eigenvalue weighted by molar-refractivity contribution is 0.102. The van der Waals surface area contributed by atoms with Gasteiger partial charge < -0.3 is 11.1 Å². The summed E-state index contributed by atoms with van der Waals surface area (Å²) in [5.74, 6) is -0.288. The van der Waals surface area contributed by atoms with Crippen LogP contribution in [0.4, 0.5) is 11.5 Å². The number of carbonyl (C=O) groups is 1. The predicted molar refractivity (Wildman–Crippen MR) is 66.8 cm³/mol. The first kappa shape index (κ1) is 11.1. The molecule has 2 aromatic rings. The molecule has 0 saturated carbocycles. The van der Waals surface area contributed by atoms with Gasteiger partial charge in [-0.25, -0.2) is 4.98 Å². The van der Waals surface area contributed by atoms with E-state index in [1.54, 1.807) is 26.2 Å². The fourth-order valence-electron chi connectivity index (χ4n) is 1.28. The summed E-state index contributed by atoms with van der Waals surface area (Å²) < 4.78 is 0. The van der Waals surface area contributed by atoms with E-state index in [1.165, 1.54) is 12.4 Å². The molecule has 0 aliphatic carbocycles. The Kier molecular flexibility index (Phi) is 3.00. The first-order chi connectivity index (χ1) is 8.16. The highest BCUT2D eigenvalue weighted by Crippen LogP contribution is 2.08. The Bertz CT molecular complexity index is 546. The molecule has 0 aliphatic rings. The quantitative estimate of drug-likeness (QED) is 0.639. The molecule has 2 heterocycles. The number of aromatic nitrogens is 3. The molecule has 2 aromatic heterocycles. The Labute approximate surface area is 98.7 Å². The fraction of sp³-hybridized carbons (Fsp3) is 0. The maximum atomic E-state index is 11.9. The number of hydrogen-bond acceptors (Lipinski definition) is 5. The van der Waals surface area contributed by atoms with Gasteiger partial charge in [-0.15, -0.1) is 0 Å². The Morgan fingerprint density at radius 1 is 1.41 bits per heavy atom. The van der Waals surface area contributed by atoms with Crippen LogP contribution >= 0.6 is 0 Å². The van der Waals surface area contributed by atoms with Crippen LogP contribution < -0.4 is 16.6 Å². The minimum absolute atomic E-state index is 0.108. The van der Waals surface area contributed by atoms with Crippen LogP contribution in [-0.2, 0) is 0 Å². The van der Waals surface area contributed by atoms with Crippen molar-refractivity contribution in [2.24, 2.45) is 0 Å². The van der Waals surface area contributed by atoms with E-state index >= 15 is 0 Å². The van der Waals surface area contributed by atoms with Gasteiger partial charge in [0.25, 0.3) is 5.91 Å². The van der Waals surface area contributed by atoms with E-state index in [4.69, 9.17) is 5.73 Å². The average Bonchev–Trinajstić information content (AvgIpc) is 2.33. The van der Waals surface area contributed by atoms with Crippen LogP contribution in [0.25, 0.3) is 0 Å². The van der Waals surface area contributed by atoms with E-state index < -0.39 is 5.91 Å². The largest absolute Gasteiger partial charge is 0.382 e. The molecule has 0 atom stereocenters. The first-order valence-electron chi connectivity index (χ1n) is 4.97. The zero-order chi connectivity index (χ0) is 12.3. The minimum Gasteiger partial charge on any atom is -0.382 e. The average molecular weight is 227 g/mol. The number of nitrogen functional groups attached to an aromatic ring is 1. The molecule has 0 radical (unpaired) electrons. The van der Waals surface area contributed by atoms with Gasteiger partial charge in [-0.2, -0.15) is 0 Å². The molecular formula is C10H10BN5O. The van der Waals surface area contributed by atoms with Gasteiger partial charge in [0.2, 0.25) is 0 Å². The zero-order valence-corrected chi connectivity index (χ0v) is 9.21. The van der Waals surface area contributed by atoms with Crippen molar-refractivity contribution in [1.82, 2.24) is 15.0 Å². The van der Waals surface area contributed by atoms with Gasteiger partial charge in [-0.3, -0.25) is 14.8 Å². The molecule has 7 heteroatoms. The van der Waals surface area contributed by atoms with Crippen LogP contribution in [0.15, 0.2) is 30.7 Å². The number of amides is 1. The third-order valence-corrected chi connectivity index (χ3v) is 2.06. The summed E-state index contributed by atoms with van der Waals surface area (Å²) in [6.07, 6.45) is 4.67. The van der Waals surface area contributed by atoms with Crippen molar-refractivity contribution in [3.8, 4) is 0 Å². The van der Waals surface area contributed by atoms with Gasteiger partial charge in [0.15, 0.2) is 19.4 Å². The molecule has 2 rings (SSSR count). The molecule has 1 amide bonds. The van der Waals surface area contributed by atoms with Gasteiger partial charge in [0.05, 0.1) is 11.9 Å². The van der Waals surface area contributed by atoms with Crippen molar-refractivity contribution in [2.75, 3.05) is 11.1 Å². The number of pyridine rings is 1. The van der Waals surface area contributed by atoms with Crippen molar-refractivity contribution in [3.63, 3.8) is 0 Å². The number of rotatable bonds is 2. The predicted octanol–water partition coefficient (Wildman–Crippen LogP) is -1.04. The highest BCUT2D eigenvalue weighted by Gasteiger charge is 2.12. The maximum absolute atomic E-state index is 11.9. The molecule has 6 nitrogen and oxygen atoms in total. The summed E-state index contributed by atoms with van der Waals surface area (Å²) in [4.78, 5) is 23.7. The SMILES string of the molecule is Bc1cnc(N)c(C(=O)Nc2cccnc2)n1. The summed E-state index contributed by atoms with van der Waals surface area (Å²) in [7, 11) is 1.74. The molecule has 17 heavy (non-hydrogen) atoms. The van der Waals surface area contributed by atoms with Gasteiger partial charge in [0.1, 0.15) is 0 Å². The standard InChI is InChI=1S/C10H10BN5O/c11-7-5-14-9(12)8(16-7)10(17)15-6-2-1-3-13-4-6/h1-5H,11H2,(H2,12,14)(H,15,17). The number of nitrogens with zero attached hydrogens (tertiary/aromatic N) is 3. The highest BCUT2D eigenvalue weighted by atomic mass is 16.1. The van der Waals surface area contributed by atoms with Crippen molar-refractivity contribution in [1.29, 1.82) is 0 Å². The van der Waals surface area contributed by atoms with Crippen LogP contribution in [0.1, 0.15) is 10.5 Å². The number of nitrogens with two attached hydrogens (primary N) is 1. The molecule has 3 N–H and O–H groups in total. The fourth-order valence-corrected chi connectivity index (χ4v) is 1.28. The Morgan fingerprint density at radius 2 is 2.24 bits per heavy atom. The third kappa shape index (κ3) is 2.57. The van der Waals surface area contributed by atoms with Crippen LogP contribution in [0.3, 0.4) is 0 Å². The van der Waals surface area contributed by atoms with Crippen molar-refractivity contribution in [3.05, 3.63) is 36.4 Å². The van der Waals surface area contributed by atoms with Crippen molar-refractivity contribution in [2.45, 2.75) is 0 Å². The number of anilines is 2. The zero-order valence-electron chi connectivity index (χ0n) is 9.21. The summed E-state index contributed by atoms with van der Waals surface area (Å²) in [5, 5.41) is 2.64. The van der Waals surface area contributed by atoms with Gasteiger partial charge in [-0.05, 0) is 12.1 Å². The highest BCUT2D eigenvalue weighted by molar-refractivity contribution is 6.30. The molecular weight excluding hydrogens is 217 g/mol.